The van der Waals surface area contributed by atoms with Gasteiger partial charge in [-0.1, -0.05) is 28.1 Å². The van der Waals surface area contributed by atoms with Gasteiger partial charge in [-0.05, 0) is 12.1 Å². The van der Waals surface area contributed by atoms with Gasteiger partial charge >= 0.3 is 0 Å². The fraction of sp³-hybridized carbons (Fsp3) is 0. The Labute approximate surface area is 115 Å². The number of fused-ring (bicyclic) bond motifs is 2. The molecule has 88 valence electrons. The quantitative estimate of drug-likeness (QED) is 0.647. The smallest absolute Gasteiger partial charge is 0.205 e. The van der Waals surface area contributed by atoms with Crippen LogP contribution in [0.5, 0.6) is 0 Å². The summed E-state index contributed by atoms with van der Waals surface area (Å²) >= 11 is 4.35. The summed E-state index contributed by atoms with van der Waals surface area (Å²) in [4.78, 5) is 36.1. The van der Waals surface area contributed by atoms with E-state index in [2.05, 4.69) is 15.9 Å². The van der Waals surface area contributed by atoms with Crippen LogP contribution in [-0.4, -0.2) is 17.9 Å². The van der Waals surface area contributed by atoms with Crippen molar-refractivity contribution < 1.29 is 14.4 Å². The van der Waals surface area contributed by atoms with Gasteiger partial charge in [-0.15, -0.1) is 11.3 Å². The molecule has 1 aliphatic rings. The monoisotopic (exact) mass is 320 g/mol. The topological polar surface area (TPSA) is 51.2 Å². The van der Waals surface area contributed by atoms with Crippen LogP contribution in [0.3, 0.4) is 0 Å². The van der Waals surface area contributed by atoms with Crippen molar-refractivity contribution in [2.45, 2.75) is 0 Å². The summed E-state index contributed by atoms with van der Waals surface area (Å²) in [5.74, 6) is -0.407. The average Bonchev–Trinajstić information content (AvgIpc) is 2.80. The summed E-state index contributed by atoms with van der Waals surface area (Å²) < 4.78 is 0.602. The molecule has 1 aliphatic carbocycles. The number of aldehydes is 1. The van der Waals surface area contributed by atoms with E-state index >= 15 is 0 Å². The van der Waals surface area contributed by atoms with E-state index in [1.807, 2.05) is 0 Å². The van der Waals surface area contributed by atoms with Gasteiger partial charge in [0.15, 0.2) is 12.1 Å². The molecule has 0 saturated heterocycles. The Bertz CT molecular complexity index is 715. The van der Waals surface area contributed by atoms with Crippen LogP contribution < -0.4 is 0 Å². The van der Waals surface area contributed by atoms with Crippen molar-refractivity contribution in [3.05, 3.63) is 55.2 Å². The van der Waals surface area contributed by atoms with Crippen molar-refractivity contribution in [1.29, 1.82) is 0 Å². The zero-order valence-electron chi connectivity index (χ0n) is 8.90. The molecule has 3 nitrogen and oxygen atoms in total. The second kappa shape index (κ2) is 3.96. The highest BCUT2D eigenvalue weighted by Crippen LogP contribution is 2.35. The van der Waals surface area contributed by atoms with Gasteiger partial charge in [-0.25, -0.2) is 0 Å². The number of hydrogen-bond acceptors (Lipinski definition) is 4. The first-order chi connectivity index (χ1) is 8.63. The standard InChI is InChI=1S/C13H5BrO3S/c14-9-3-1-2-7-10(9)12(17)13-8(11(7)16)4-6(5-15)18-13/h1-5H. The van der Waals surface area contributed by atoms with Gasteiger partial charge in [0.2, 0.25) is 5.78 Å². The van der Waals surface area contributed by atoms with E-state index in [1.165, 1.54) is 6.07 Å². The lowest BCUT2D eigenvalue weighted by Crippen LogP contribution is -2.19. The minimum absolute atomic E-state index is 0.203. The highest BCUT2D eigenvalue weighted by atomic mass is 79.9. The molecule has 18 heavy (non-hydrogen) atoms. The third-order valence-electron chi connectivity index (χ3n) is 2.80. The Morgan fingerprint density at radius 3 is 2.61 bits per heavy atom. The summed E-state index contributed by atoms with van der Waals surface area (Å²) in [6.45, 7) is 0. The average molecular weight is 321 g/mol. The second-order valence-corrected chi connectivity index (χ2v) is 5.77. The number of hydrogen-bond donors (Lipinski definition) is 0. The molecular weight excluding hydrogens is 316 g/mol. The van der Waals surface area contributed by atoms with Crippen LogP contribution in [0, 0.1) is 0 Å². The second-order valence-electron chi connectivity index (χ2n) is 3.83. The predicted octanol–water partition coefficient (Wildman–Crippen LogP) is 3.10. The summed E-state index contributed by atoms with van der Waals surface area (Å²) in [6, 6.07) is 6.55. The number of carbonyl (C=O) groups excluding carboxylic acids is 3. The molecule has 3 rings (SSSR count). The Kier molecular flexibility index (Phi) is 2.53. The minimum atomic E-state index is -0.204. The lowest BCUT2D eigenvalue weighted by Gasteiger charge is -2.14. The van der Waals surface area contributed by atoms with E-state index in [4.69, 9.17) is 0 Å². The summed E-state index contributed by atoms with van der Waals surface area (Å²) in [7, 11) is 0. The van der Waals surface area contributed by atoms with Gasteiger partial charge < -0.3 is 0 Å². The first-order valence-electron chi connectivity index (χ1n) is 5.10. The third-order valence-corrected chi connectivity index (χ3v) is 4.52. The number of benzene rings is 1. The van der Waals surface area contributed by atoms with E-state index in [0.29, 0.717) is 37.2 Å². The molecule has 1 heterocycles. The number of carbonyl (C=O) groups is 3. The van der Waals surface area contributed by atoms with Crippen LogP contribution in [0.2, 0.25) is 0 Å². The Morgan fingerprint density at radius 2 is 1.89 bits per heavy atom. The fourth-order valence-electron chi connectivity index (χ4n) is 2.01. The lowest BCUT2D eigenvalue weighted by atomic mass is 9.89. The van der Waals surface area contributed by atoms with Crippen LogP contribution in [0.4, 0.5) is 0 Å². The molecule has 1 aromatic heterocycles. The first-order valence-corrected chi connectivity index (χ1v) is 6.71. The maximum atomic E-state index is 12.3. The molecule has 0 N–H and O–H groups in total. The van der Waals surface area contributed by atoms with Crippen molar-refractivity contribution in [3.63, 3.8) is 0 Å². The van der Waals surface area contributed by atoms with Gasteiger partial charge in [-0.3, -0.25) is 14.4 Å². The van der Waals surface area contributed by atoms with Crippen LogP contribution in [0.15, 0.2) is 28.7 Å². The molecule has 0 radical (unpaired) electrons. The van der Waals surface area contributed by atoms with Crippen molar-refractivity contribution >= 4 is 45.1 Å². The third kappa shape index (κ3) is 1.44. The lowest BCUT2D eigenvalue weighted by molar-refractivity contribution is 0.0982. The molecule has 0 amide bonds. The SMILES string of the molecule is O=Cc1cc2c(s1)C(=O)c1c(Br)cccc1C2=O. The molecule has 0 atom stereocenters. The van der Waals surface area contributed by atoms with E-state index in [-0.39, 0.29) is 11.6 Å². The number of halogens is 1. The van der Waals surface area contributed by atoms with Gasteiger partial charge in [-0.2, -0.15) is 0 Å². The van der Waals surface area contributed by atoms with Crippen molar-refractivity contribution in [2.75, 3.05) is 0 Å². The normalized spacial score (nSPS) is 13.2. The van der Waals surface area contributed by atoms with Gasteiger partial charge in [0.25, 0.3) is 0 Å². The largest absolute Gasteiger partial charge is 0.297 e. The molecule has 0 unspecified atom stereocenters. The Balaban J connectivity index is 2.33. The van der Waals surface area contributed by atoms with Crippen LogP contribution in [0.25, 0.3) is 0 Å². The molecule has 0 bridgehead atoms. The van der Waals surface area contributed by atoms with Gasteiger partial charge in [0.05, 0.1) is 9.75 Å². The predicted molar refractivity (Wildman–Crippen MR) is 70.7 cm³/mol. The van der Waals surface area contributed by atoms with E-state index in [0.717, 1.165) is 11.3 Å². The van der Waals surface area contributed by atoms with Crippen molar-refractivity contribution in [3.8, 4) is 0 Å². The number of rotatable bonds is 1. The molecule has 0 aliphatic heterocycles. The first kappa shape index (κ1) is 11.5. The fourth-order valence-corrected chi connectivity index (χ4v) is 3.47. The van der Waals surface area contributed by atoms with Crippen LogP contribution in [-0.2, 0) is 0 Å². The molecule has 0 spiro atoms. The van der Waals surface area contributed by atoms with Gasteiger partial charge in [0, 0.05) is 21.2 Å². The molecule has 0 saturated carbocycles. The van der Waals surface area contributed by atoms with E-state index in [1.54, 1.807) is 18.2 Å². The zero-order valence-corrected chi connectivity index (χ0v) is 11.3. The Morgan fingerprint density at radius 1 is 1.11 bits per heavy atom. The van der Waals surface area contributed by atoms with Crippen LogP contribution in [0.1, 0.15) is 40.8 Å². The minimum Gasteiger partial charge on any atom is -0.297 e. The summed E-state index contributed by atoms with van der Waals surface area (Å²) in [5, 5.41) is 0. The van der Waals surface area contributed by atoms with Gasteiger partial charge in [0.1, 0.15) is 0 Å². The highest BCUT2D eigenvalue weighted by Gasteiger charge is 2.33. The summed E-state index contributed by atoms with van der Waals surface area (Å²) in [6.07, 6.45) is 0.656. The summed E-state index contributed by atoms with van der Waals surface area (Å²) in [5.41, 5.74) is 1.10. The molecule has 0 fully saturated rings. The molecular formula is C13H5BrO3S. The van der Waals surface area contributed by atoms with Crippen molar-refractivity contribution in [2.24, 2.45) is 0 Å². The number of thiophene rings is 1. The van der Waals surface area contributed by atoms with Crippen LogP contribution >= 0.6 is 27.3 Å². The van der Waals surface area contributed by atoms with E-state index in [9.17, 15) is 14.4 Å². The van der Waals surface area contributed by atoms with E-state index < -0.39 is 0 Å². The highest BCUT2D eigenvalue weighted by molar-refractivity contribution is 9.10. The maximum Gasteiger partial charge on any atom is 0.205 e. The maximum absolute atomic E-state index is 12.3. The zero-order chi connectivity index (χ0) is 12.9. The number of ketones is 2. The molecule has 1 aromatic carbocycles. The molecule has 2 aromatic rings. The molecule has 5 heteroatoms. The Hall–Kier alpha value is -1.59. The van der Waals surface area contributed by atoms with Crippen molar-refractivity contribution in [1.82, 2.24) is 0 Å².